The van der Waals surface area contributed by atoms with Gasteiger partial charge < -0.3 is 14.9 Å². The van der Waals surface area contributed by atoms with Gasteiger partial charge in [-0.3, -0.25) is 4.79 Å². The van der Waals surface area contributed by atoms with Crippen LogP contribution in [0.1, 0.15) is 31.2 Å². The number of fused-ring (bicyclic) bond motifs is 1. The van der Waals surface area contributed by atoms with Gasteiger partial charge in [0.25, 0.3) is 0 Å². The van der Waals surface area contributed by atoms with Crippen LogP contribution in [0.15, 0.2) is 59.0 Å². The molecule has 4 heterocycles. The first kappa shape index (κ1) is 29.7. The summed E-state index contributed by atoms with van der Waals surface area (Å²) in [4.78, 5) is 43.1. The minimum absolute atomic E-state index is 0.00648. The first-order valence-electron chi connectivity index (χ1n) is 13.9. The molecule has 4 aromatic rings. The fourth-order valence-corrected chi connectivity index (χ4v) is 6.78. The Bertz CT molecular complexity index is 2010. The maximum absolute atomic E-state index is 15.1. The maximum atomic E-state index is 15.1. The molecule has 1 N–H and O–H groups in total. The summed E-state index contributed by atoms with van der Waals surface area (Å²) in [7, 11) is -3.94. The highest BCUT2D eigenvalue weighted by atomic mass is 35.5. The smallest absolute Gasteiger partial charge is 0.355 e. The van der Waals surface area contributed by atoms with E-state index in [0.717, 1.165) is 29.7 Å². The van der Waals surface area contributed by atoms with Crippen LogP contribution in [0.2, 0.25) is 5.02 Å². The number of rotatable bonds is 6. The number of carbonyl (C=O) groups is 1. The highest BCUT2D eigenvalue weighted by Crippen LogP contribution is 2.45. The molecule has 2 fully saturated rings. The van der Waals surface area contributed by atoms with Crippen LogP contribution in [0, 0.1) is 5.82 Å². The maximum Gasteiger partial charge on any atom is 0.355 e. The normalized spacial score (nSPS) is 17.2. The second kappa shape index (κ2) is 11.0. The van der Waals surface area contributed by atoms with Gasteiger partial charge in [0, 0.05) is 38.1 Å². The van der Waals surface area contributed by atoms with Crippen molar-refractivity contribution in [3.63, 3.8) is 0 Å². The molecule has 1 aromatic carbocycles. The Morgan fingerprint density at radius 2 is 1.95 bits per heavy atom. The highest BCUT2D eigenvalue weighted by molar-refractivity contribution is 7.90. The first-order valence-corrected chi connectivity index (χ1v) is 16.2. The fourth-order valence-electron chi connectivity index (χ4n) is 5.72. The van der Waals surface area contributed by atoms with E-state index in [1.165, 1.54) is 30.5 Å². The lowest BCUT2D eigenvalue weighted by molar-refractivity contribution is -0.126. The predicted octanol–water partition coefficient (Wildman–Crippen LogP) is 3.84. The number of phenolic OH excluding ortho intramolecular Hbond substituents is 1. The summed E-state index contributed by atoms with van der Waals surface area (Å²) in [6.45, 7) is 6.40. The van der Waals surface area contributed by atoms with Gasteiger partial charge in [0.05, 0.1) is 27.4 Å². The van der Waals surface area contributed by atoms with Crippen LogP contribution in [0.25, 0.3) is 28.0 Å². The van der Waals surface area contributed by atoms with Gasteiger partial charge >= 0.3 is 5.69 Å². The summed E-state index contributed by atoms with van der Waals surface area (Å²) in [5.41, 5.74) is -0.679. The molecule has 0 radical (unpaired) electrons. The van der Waals surface area contributed by atoms with E-state index in [9.17, 15) is 23.1 Å². The SMILES string of the molecule is C=CC(=O)N1CCN(c2nc(=O)n(-c3c(C4CC4)ccnc3S(C)(=O)=O)c3nc(-c4c(O)cccc4F)c(Cl)cc23)[C@@H](C)C1. The lowest BCUT2D eigenvalue weighted by Gasteiger charge is -2.40. The summed E-state index contributed by atoms with van der Waals surface area (Å²) in [6.07, 6.45) is 5.21. The Kier molecular flexibility index (Phi) is 7.41. The van der Waals surface area contributed by atoms with Crippen LogP contribution < -0.4 is 10.6 Å². The lowest BCUT2D eigenvalue weighted by atomic mass is 10.1. The van der Waals surface area contributed by atoms with Crippen molar-refractivity contribution in [1.29, 1.82) is 0 Å². The van der Waals surface area contributed by atoms with E-state index in [1.54, 1.807) is 11.0 Å². The molecule has 0 spiro atoms. The van der Waals surface area contributed by atoms with Gasteiger partial charge in [0.1, 0.15) is 17.4 Å². The van der Waals surface area contributed by atoms with E-state index >= 15 is 4.39 Å². The molecule has 6 rings (SSSR count). The fraction of sp³-hybridized carbons (Fsp3) is 0.300. The molecule has 1 saturated carbocycles. The Balaban J connectivity index is 1.69. The van der Waals surface area contributed by atoms with Gasteiger partial charge in [0.15, 0.2) is 20.5 Å². The standard InChI is InChI=1S/C30H28ClFN6O5S/c1-4-23(40)36-12-13-37(16(2)15-36)27-19-14-20(31)25(24-21(32)6-5-7-22(24)39)34-28(19)38(30(41)35-27)26-18(17-8-9-17)10-11-33-29(26)44(3,42)43/h4-7,10-11,14,16-17,39H,1,8-9,12-13,15H2,2-3H3/t16-/m0/s1. The number of aromatic nitrogens is 4. The van der Waals surface area contributed by atoms with Crippen molar-refractivity contribution in [3.05, 3.63) is 76.1 Å². The molecule has 1 aliphatic carbocycles. The second-order valence-electron chi connectivity index (χ2n) is 11.0. The van der Waals surface area contributed by atoms with Gasteiger partial charge in [0.2, 0.25) is 5.91 Å². The van der Waals surface area contributed by atoms with E-state index in [-0.39, 0.29) is 61.7 Å². The third-order valence-corrected chi connectivity index (χ3v) is 9.22. The van der Waals surface area contributed by atoms with Gasteiger partial charge in [-0.1, -0.05) is 24.2 Å². The van der Waals surface area contributed by atoms with Crippen molar-refractivity contribution in [2.75, 3.05) is 30.8 Å². The number of anilines is 1. The zero-order valence-electron chi connectivity index (χ0n) is 23.9. The van der Waals surface area contributed by atoms with Crippen molar-refractivity contribution in [1.82, 2.24) is 24.4 Å². The lowest BCUT2D eigenvalue weighted by Crippen LogP contribution is -2.54. The molecule has 11 nitrogen and oxygen atoms in total. The van der Waals surface area contributed by atoms with E-state index in [4.69, 9.17) is 11.6 Å². The summed E-state index contributed by atoms with van der Waals surface area (Å²) in [6, 6.07) is 6.61. The van der Waals surface area contributed by atoms with E-state index in [1.807, 2.05) is 11.8 Å². The third kappa shape index (κ3) is 5.09. The largest absolute Gasteiger partial charge is 0.507 e. The zero-order chi connectivity index (χ0) is 31.5. The van der Waals surface area contributed by atoms with Gasteiger partial charge in [-0.05, 0) is 61.6 Å². The Morgan fingerprint density at radius 1 is 1.20 bits per heavy atom. The van der Waals surface area contributed by atoms with E-state index in [0.29, 0.717) is 25.2 Å². The molecule has 1 amide bonds. The molecule has 0 unspecified atom stereocenters. The summed E-state index contributed by atoms with van der Waals surface area (Å²) in [5.74, 6) is -1.23. The average molecular weight is 639 g/mol. The molecular formula is C30H28ClFN6O5S. The Labute approximate surface area is 257 Å². The van der Waals surface area contributed by atoms with Crippen LogP contribution in [0.4, 0.5) is 10.2 Å². The number of aromatic hydroxyl groups is 1. The van der Waals surface area contributed by atoms with Crippen LogP contribution >= 0.6 is 11.6 Å². The average Bonchev–Trinajstić information content (AvgIpc) is 3.82. The van der Waals surface area contributed by atoms with E-state index in [2.05, 4.69) is 21.5 Å². The summed E-state index contributed by atoms with van der Waals surface area (Å²) >= 11 is 6.70. The van der Waals surface area contributed by atoms with Crippen molar-refractivity contribution in [2.45, 2.75) is 36.8 Å². The van der Waals surface area contributed by atoms with Crippen LogP contribution in [-0.4, -0.2) is 75.8 Å². The number of amides is 1. The van der Waals surface area contributed by atoms with Crippen molar-refractivity contribution < 1.29 is 22.7 Å². The number of phenols is 1. The number of sulfone groups is 1. The van der Waals surface area contributed by atoms with Crippen molar-refractivity contribution in [3.8, 4) is 22.7 Å². The topological polar surface area (TPSA) is 139 Å². The summed E-state index contributed by atoms with van der Waals surface area (Å²) in [5, 5.41) is 10.5. The quantitative estimate of drug-likeness (QED) is 0.312. The Morgan fingerprint density at radius 3 is 2.59 bits per heavy atom. The van der Waals surface area contributed by atoms with Crippen LogP contribution in [0.3, 0.4) is 0 Å². The first-order chi connectivity index (χ1) is 20.9. The number of hydrogen-bond donors (Lipinski definition) is 1. The molecule has 1 aliphatic heterocycles. The predicted molar refractivity (Wildman–Crippen MR) is 164 cm³/mol. The van der Waals surface area contributed by atoms with Crippen molar-refractivity contribution >= 4 is 44.2 Å². The molecule has 0 bridgehead atoms. The minimum atomic E-state index is -3.94. The number of nitrogens with zero attached hydrogens (tertiary/aromatic N) is 6. The molecule has 1 atom stereocenters. The number of hydrogen-bond acceptors (Lipinski definition) is 9. The molecule has 44 heavy (non-hydrogen) atoms. The second-order valence-corrected chi connectivity index (χ2v) is 13.3. The molecule has 3 aromatic heterocycles. The van der Waals surface area contributed by atoms with Crippen LogP contribution in [-0.2, 0) is 14.6 Å². The number of piperazine rings is 1. The Hall–Kier alpha value is -4.36. The molecule has 2 aliphatic rings. The van der Waals surface area contributed by atoms with Crippen molar-refractivity contribution in [2.24, 2.45) is 0 Å². The third-order valence-electron chi connectivity index (χ3n) is 7.93. The monoisotopic (exact) mass is 638 g/mol. The summed E-state index contributed by atoms with van der Waals surface area (Å²) < 4.78 is 42.2. The van der Waals surface area contributed by atoms with Gasteiger partial charge in [-0.25, -0.2) is 32.1 Å². The van der Waals surface area contributed by atoms with E-state index < -0.39 is 27.1 Å². The zero-order valence-corrected chi connectivity index (χ0v) is 25.4. The molecular weight excluding hydrogens is 611 g/mol. The minimum Gasteiger partial charge on any atom is -0.507 e. The van der Waals surface area contributed by atoms with Crippen LogP contribution in [0.5, 0.6) is 5.75 Å². The number of benzene rings is 1. The van der Waals surface area contributed by atoms with Gasteiger partial charge in [-0.15, -0.1) is 0 Å². The number of halogens is 2. The molecule has 228 valence electrons. The molecule has 14 heteroatoms. The van der Waals surface area contributed by atoms with Gasteiger partial charge in [-0.2, -0.15) is 4.98 Å². The highest BCUT2D eigenvalue weighted by Gasteiger charge is 2.34. The number of pyridine rings is 2. The number of carbonyl (C=O) groups excluding carboxylic acids is 1. The molecule has 1 saturated heterocycles.